The summed E-state index contributed by atoms with van der Waals surface area (Å²) in [6.07, 6.45) is 6.81. The Morgan fingerprint density at radius 2 is 1.82 bits per heavy atom. The van der Waals surface area contributed by atoms with Gasteiger partial charge in [0, 0.05) is 11.1 Å². The smallest absolute Gasteiger partial charge is 0.345 e. The quantitative estimate of drug-likeness (QED) is 0.480. The van der Waals surface area contributed by atoms with E-state index in [9.17, 15) is 9.90 Å². The van der Waals surface area contributed by atoms with Crippen LogP contribution < -0.4 is 4.74 Å². The van der Waals surface area contributed by atoms with Gasteiger partial charge >= 0.3 is 5.97 Å². The zero-order valence-electron chi connectivity index (χ0n) is 18.7. The molecular formula is C27H28O6. The van der Waals surface area contributed by atoms with E-state index in [1.165, 1.54) is 18.4 Å². The number of cyclic esters (lactones) is 1. The number of hydrogen-bond acceptors (Lipinski definition) is 6. The van der Waals surface area contributed by atoms with Crippen LogP contribution in [0.5, 0.6) is 5.75 Å². The molecule has 33 heavy (non-hydrogen) atoms. The van der Waals surface area contributed by atoms with Crippen molar-refractivity contribution in [2.45, 2.75) is 43.8 Å². The van der Waals surface area contributed by atoms with Crippen LogP contribution in [0.25, 0.3) is 0 Å². The van der Waals surface area contributed by atoms with E-state index in [4.69, 9.17) is 19.2 Å². The minimum absolute atomic E-state index is 0.140. The average molecular weight is 449 g/mol. The molecule has 2 heterocycles. The molecule has 2 aromatic carbocycles. The summed E-state index contributed by atoms with van der Waals surface area (Å²) in [6.45, 7) is 0.241. The summed E-state index contributed by atoms with van der Waals surface area (Å²) in [5.74, 6) is -0.943. The van der Waals surface area contributed by atoms with E-state index in [0.29, 0.717) is 35.0 Å². The second-order valence-corrected chi connectivity index (χ2v) is 8.82. The Kier molecular flexibility index (Phi) is 5.96. The van der Waals surface area contributed by atoms with E-state index < -0.39 is 11.8 Å². The monoisotopic (exact) mass is 448 g/mol. The number of benzene rings is 2. The molecule has 2 aromatic rings. The summed E-state index contributed by atoms with van der Waals surface area (Å²) >= 11 is 0. The molecule has 3 aliphatic rings. The van der Waals surface area contributed by atoms with Gasteiger partial charge in [-0.2, -0.15) is 4.89 Å². The molecule has 172 valence electrons. The number of methoxy groups -OCH3 is 1. The van der Waals surface area contributed by atoms with Crippen molar-refractivity contribution < 1.29 is 29.1 Å². The first-order valence-corrected chi connectivity index (χ1v) is 11.5. The van der Waals surface area contributed by atoms with Crippen LogP contribution >= 0.6 is 0 Å². The molecule has 1 fully saturated rings. The number of ether oxygens (including phenoxy) is 2. The van der Waals surface area contributed by atoms with Crippen LogP contribution in [0.3, 0.4) is 0 Å². The molecule has 0 bridgehead atoms. The lowest BCUT2D eigenvalue weighted by molar-refractivity contribution is -0.231. The van der Waals surface area contributed by atoms with Crippen LogP contribution in [0.4, 0.5) is 0 Å². The van der Waals surface area contributed by atoms with Crippen molar-refractivity contribution in [2.75, 3.05) is 13.7 Å². The molecule has 2 atom stereocenters. The SMILES string of the molecule is COc1ccc(C2(O)OC(=O)C(C3=CCOO3)=C2CC(c2ccccc2)C2CCCC2)cc1. The second kappa shape index (κ2) is 9.04. The molecule has 0 amide bonds. The van der Waals surface area contributed by atoms with Gasteiger partial charge in [0.15, 0.2) is 5.76 Å². The van der Waals surface area contributed by atoms with Crippen LogP contribution in [-0.2, 0) is 25.1 Å². The van der Waals surface area contributed by atoms with Gasteiger partial charge in [-0.05, 0) is 67.0 Å². The van der Waals surface area contributed by atoms with Crippen molar-refractivity contribution in [3.05, 3.63) is 88.7 Å². The van der Waals surface area contributed by atoms with Gasteiger partial charge in [0.1, 0.15) is 17.9 Å². The van der Waals surface area contributed by atoms with Gasteiger partial charge in [-0.25, -0.2) is 4.79 Å². The van der Waals surface area contributed by atoms with E-state index in [1.807, 2.05) is 18.2 Å². The standard InChI is InChI=1S/C27H28O6/c1-30-21-13-11-20(12-14-21)27(29)23(25(26(28)32-27)24-15-16-31-33-24)17-22(19-9-5-6-10-19)18-7-3-2-4-8-18/h2-4,7-8,11-15,19,22,29H,5-6,9-10,16-17H2,1H3. The number of esters is 1. The van der Waals surface area contributed by atoms with Gasteiger partial charge in [-0.1, -0.05) is 43.2 Å². The molecular weight excluding hydrogens is 420 g/mol. The molecule has 0 aromatic heterocycles. The van der Waals surface area contributed by atoms with Gasteiger partial charge in [-0.15, -0.1) is 0 Å². The highest BCUT2D eigenvalue weighted by Gasteiger charge is 2.51. The highest BCUT2D eigenvalue weighted by molar-refractivity contribution is 5.97. The Morgan fingerprint density at radius 1 is 1.09 bits per heavy atom. The topological polar surface area (TPSA) is 74.2 Å². The number of rotatable bonds is 7. The normalized spacial score (nSPS) is 23.9. The highest BCUT2D eigenvalue weighted by Crippen LogP contribution is 2.50. The fourth-order valence-electron chi connectivity index (χ4n) is 5.30. The third-order valence-corrected chi connectivity index (χ3v) is 6.99. The predicted molar refractivity (Wildman–Crippen MR) is 121 cm³/mol. The Balaban J connectivity index is 1.61. The van der Waals surface area contributed by atoms with E-state index in [0.717, 1.165) is 12.8 Å². The maximum atomic E-state index is 13.1. The fourth-order valence-corrected chi connectivity index (χ4v) is 5.30. The summed E-state index contributed by atoms with van der Waals surface area (Å²) in [5, 5.41) is 11.9. The van der Waals surface area contributed by atoms with Crippen LogP contribution in [-0.4, -0.2) is 24.8 Å². The predicted octanol–water partition coefficient (Wildman–Crippen LogP) is 4.90. The molecule has 1 saturated carbocycles. The average Bonchev–Trinajstić information content (AvgIpc) is 3.60. The third-order valence-electron chi connectivity index (χ3n) is 6.99. The largest absolute Gasteiger partial charge is 0.497 e. The van der Waals surface area contributed by atoms with Crippen molar-refractivity contribution >= 4 is 5.97 Å². The molecule has 0 saturated heterocycles. The maximum Gasteiger partial charge on any atom is 0.345 e. The summed E-state index contributed by atoms with van der Waals surface area (Å²) in [6, 6.07) is 17.3. The molecule has 2 aliphatic heterocycles. The maximum absolute atomic E-state index is 13.1. The molecule has 6 nitrogen and oxygen atoms in total. The van der Waals surface area contributed by atoms with Gasteiger partial charge in [0.05, 0.1) is 7.11 Å². The van der Waals surface area contributed by atoms with Crippen LogP contribution in [0.2, 0.25) is 0 Å². The lowest BCUT2D eigenvalue weighted by Gasteiger charge is -2.30. The molecule has 5 rings (SSSR count). The van der Waals surface area contributed by atoms with Gasteiger partial charge in [0.2, 0.25) is 0 Å². The minimum atomic E-state index is -1.89. The van der Waals surface area contributed by atoms with E-state index in [-0.39, 0.29) is 18.1 Å². The first-order valence-electron chi connectivity index (χ1n) is 11.5. The van der Waals surface area contributed by atoms with Crippen LogP contribution in [0.15, 0.2) is 77.6 Å². The zero-order chi connectivity index (χ0) is 22.8. The molecule has 1 aliphatic carbocycles. The van der Waals surface area contributed by atoms with Gasteiger partial charge in [-0.3, -0.25) is 0 Å². The van der Waals surface area contributed by atoms with Crippen LogP contribution in [0.1, 0.15) is 49.1 Å². The lowest BCUT2D eigenvalue weighted by Crippen LogP contribution is -2.30. The zero-order valence-corrected chi connectivity index (χ0v) is 18.7. The molecule has 2 unspecified atom stereocenters. The summed E-state index contributed by atoms with van der Waals surface area (Å²) in [7, 11) is 1.58. The summed E-state index contributed by atoms with van der Waals surface area (Å²) < 4.78 is 10.9. The van der Waals surface area contributed by atoms with Gasteiger partial charge < -0.3 is 19.5 Å². The molecule has 0 radical (unpaired) electrons. The Morgan fingerprint density at radius 3 is 2.45 bits per heavy atom. The highest BCUT2D eigenvalue weighted by atomic mass is 17.2. The number of carbonyl (C=O) groups excluding carboxylic acids is 1. The Labute approximate surface area is 193 Å². The number of aliphatic hydroxyl groups is 1. The molecule has 0 spiro atoms. The summed E-state index contributed by atoms with van der Waals surface area (Å²) in [4.78, 5) is 23.4. The number of hydrogen-bond donors (Lipinski definition) is 1. The Hall–Kier alpha value is -3.09. The van der Waals surface area contributed by atoms with Crippen molar-refractivity contribution in [2.24, 2.45) is 5.92 Å². The minimum Gasteiger partial charge on any atom is -0.497 e. The van der Waals surface area contributed by atoms with Crippen molar-refractivity contribution in [1.82, 2.24) is 0 Å². The van der Waals surface area contributed by atoms with Crippen molar-refractivity contribution in [3.63, 3.8) is 0 Å². The van der Waals surface area contributed by atoms with Crippen LogP contribution in [0, 0.1) is 5.92 Å². The first-order chi connectivity index (χ1) is 16.1. The van der Waals surface area contributed by atoms with Crippen molar-refractivity contribution in [3.8, 4) is 5.75 Å². The molecule has 6 heteroatoms. The molecule has 1 N–H and O–H groups in total. The second-order valence-electron chi connectivity index (χ2n) is 8.82. The first kappa shape index (κ1) is 21.7. The van der Waals surface area contributed by atoms with E-state index in [1.54, 1.807) is 37.5 Å². The van der Waals surface area contributed by atoms with Gasteiger partial charge in [0.25, 0.3) is 5.79 Å². The summed E-state index contributed by atoms with van der Waals surface area (Å²) in [5.41, 5.74) is 2.43. The number of carbonyl (C=O) groups is 1. The van der Waals surface area contributed by atoms with E-state index in [2.05, 4.69) is 12.1 Å². The lowest BCUT2D eigenvalue weighted by atomic mass is 9.77. The van der Waals surface area contributed by atoms with Crippen molar-refractivity contribution in [1.29, 1.82) is 0 Å². The Bertz CT molecular complexity index is 1070. The van der Waals surface area contributed by atoms with E-state index >= 15 is 0 Å². The third kappa shape index (κ3) is 4.05. The fraction of sp³-hybridized carbons (Fsp3) is 0.370.